The average Bonchev–Trinajstić information content (AvgIpc) is 2.68. The van der Waals surface area contributed by atoms with Crippen LogP contribution in [0.25, 0.3) is 10.9 Å². The highest BCUT2D eigenvalue weighted by Crippen LogP contribution is 2.22. The first-order valence-corrected chi connectivity index (χ1v) is 9.11. The Kier molecular flexibility index (Phi) is 8.01. The van der Waals surface area contributed by atoms with E-state index in [-0.39, 0.29) is 5.91 Å². The van der Waals surface area contributed by atoms with Crippen LogP contribution in [0.1, 0.15) is 11.3 Å². The van der Waals surface area contributed by atoms with Gasteiger partial charge in [0.2, 0.25) is 5.91 Å². The number of hydrogen-bond acceptors (Lipinski definition) is 5. The van der Waals surface area contributed by atoms with Gasteiger partial charge in [-0.05, 0) is 31.7 Å². The second-order valence-corrected chi connectivity index (χ2v) is 6.64. The SMILES string of the molecule is Cc1cc(NC(=O)CN(C)Cc2ccccc2)c2ccccc2n1.O=C(O)C(=O)O. The predicted molar refractivity (Wildman–Crippen MR) is 113 cm³/mol. The van der Waals surface area contributed by atoms with Crippen LogP contribution in [0.3, 0.4) is 0 Å². The van der Waals surface area contributed by atoms with Crippen LogP contribution in [-0.2, 0) is 20.9 Å². The zero-order chi connectivity index (χ0) is 22.1. The molecule has 1 aromatic heterocycles. The summed E-state index contributed by atoms with van der Waals surface area (Å²) in [5.74, 6) is -3.67. The van der Waals surface area contributed by atoms with Crippen LogP contribution >= 0.6 is 0 Å². The summed E-state index contributed by atoms with van der Waals surface area (Å²) < 4.78 is 0. The number of carbonyl (C=O) groups excluding carboxylic acids is 1. The standard InChI is InChI=1S/C20H21N3O.C2H2O4/c1-15-12-19(17-10-6-7-11-18(17)21-15)22-20(24)14-23(2)13-16-8-4-3-5-9-16;3-1(4)2(5)6/h3-12H,13-14H2,1-2H3,(H,21,22,24);(H,3,4)(H,5,6). The lowest BCUT2D eigenvalue weighted by Gasteiger charge is -2.17. The van der Waals surface area contributed by atoms with E-state index in [0.717, 1.165) is 28.8 Å². The van der Waals surface area contributed by atoms with E-state index in [2.05, 4.69) is 22.4 Å². The number of benzene rings is 2. The molecule has 1 amide bonds. The van der Waals surface area contributed by atoms with Crippen molar-refractivity contribution in [1.29, 1.82) is 0 Å². The fraction of sp³-hybridized carbons (Fsp3) is 0.182. The van der Waals surface area contributed by atoms with E-state index in [1.54, 1.807) is 0 Å². The Morgan fingerprint density at radius 2 is 1.57 bits per heavy atom. The molecule has 0 fully saturated rings. The molecule has 8 heteroatoms. The molecule has 30 heavy (non-hydrogen) atoms. The maximum absolute atomic E-state index is 12.4. The van der Waals surface area contributed by atoms with Crippen LogP contribution in [0.4, 0.5) is 5.69 Å². The topological polar surface area (TPSA) is 120 Å². The summed E-state index contributed by atoms with van der Waals surface area (Å²) in [4.78, 5) is 37.1. The lowest BCUT2D eigenvalue weighted by atomic mass is 10.1. The lowest BCUT2D eigenvalue weighted by molar-refractivity contribution is -0.159. The summed E-state index contributed by atoms with van der Waals surface area (Å²) in [6.07, 6.45) is 0. The molecule has 2 aromatic carbocycles. The third kappa shape index (κ3) is 6.99. The molecule has 0 aliphatic carbocycles. The number of carboxylic acid groups (broad SMARTS) is 2. The Morgan fingerprint density at radius 3 is 2.20 bits per heavy atom. The number of nitrogens with one attached hydrogen (secondary N) is 1. The fourth-order valence-corrected chi connectivity index (χ4v) is 2.80. The molecule has 156 valence electrons. The van der Waals surface area contributed by atoms with E-state index in [4.69, 9.17) is 19.8 Å². The molecule has 1 heterocycles. The Morgan fingerprint density at radius 1 is 0.967 bits per heavy atom. The van der Waals surface area contributed by atoms with Gasteiger partial charge in [-0.1, -0.05) is 48.5 Å². The highest BCUT2D eigenvalue weighted by atomic mass is 16.4. The van der Waals surface area contributed by atoms with E-state index >= 15 is 0 Å². The maximum Gasteiger partial charge on any atom is 0.414 e. The number of amides is 1. The molecule has 0 radical (unpaired) electrons. The van der Waals surface area contributed by atoms with Crippen molar-refractivity contribution in [2.45, 2.75) is 13.5 Å². The quantitative estimate of drug-likeness (QED) is 0.554. The van der Waals surface area contributed by atoms with Gasteiger partial charge >= 0.3 is 11.9 Å². The van der Waals surface area contributed by atoms with Gasteiger partial charge in [-0.3, -0.25) is 14.7 Å². The number of rotatable bonds is 5. The molecule has 0 spiro atoms. The van der Waals surface area contributed by atoms with Gasteiger partial charge in [0, 0.05) is 17.6 Å². The number of fused-ring (bicyclic) bond motifs is 1. The highest BCUT2D eigenvalue weighted by Gasteiger charge is 2.10. The van der Waals surface area contributed by atoms with Crippen molar-refractivity contribution in [3.63, 3.8) is 0 Å². The smallest absolute Gasteiger partial charge is 0.414 e. The number of carboxylic acids is 2. The molecular formula is C22H23N3O5. The summed E-state index contributed by atoms with van der Waals surface area (Å²) in [6, 6.07) is 19.9. The molecule has 0 aliphatic rings. The van der Waals surface area contributed by atoms with Crippen LogP contribution in [0, 0.1) is 6.92 Å². The van der Waals surface area contributed by atoms with Crippen molar-refractivity contribution in [3.05, 3.63) is 71.9 Å². The zero-order valence-electron chi connectivity index (χ0n) is 16.7. The van der Waals surface area contributed by atoms with Gasteiger partial charge in [0.1, 0.15) is 0 Å². The summed E-state index contributed by atoms with van der Waals surface area (Å²) in [7, 11) is 1.95. The Bertz CT molecular complexity index is 1030. The Labute approximate surface area is 173 Å². The van der Waals surface area contributed by atoms with Crippen LogP contribution < -0.4 is 5.32 Å². The number of para-hydroxylation sites is 1. The first-order valence-electron chi connectivity index (χ1n) is 9.11. The summed E-state index contributed by atoms with van der Waals surface area (Å²) in [5.41, 5.74) is 3.79. The Balaban J connectivity index is 0.000000469. The lowest BCUT2D eigenvalue weighted by Crippen LogP contribution is -2.29. The Hall–Kier alpha value is -3.78. The number of carbonyl (C=O) groups is 3. The minimum atomic E-state index is -1.82. The summed E-state index contributed by atoms with van der Waals surface area (Å²) in [5, 5.41) is 18.8. The average molecular weight is 409 g/mol. The number of aromatic nitrogens is 1. The first kappa shape index (κ1) is 22.5. The molecule has 0 aliphatic heterocycles. The molecule has 0 saturated carbocycles. The molecule has 0 unspecified atom stereocenters. The van der Waals surface area contributed by atoms with Crippen molar-refractivity contribution in [1.82, 2.24) is 9.88 Å². The summed E-state index contributed by atoms with van der Waals surface area (Å²) >= 11 is 0. The van der Waals surface area contributed by atoms with Crippen LogP contribution in [-0.4, -0.2) is 51.5 Å². The molecule has 0 saturated heterocycles. The van der Waals surface area contributed by atoms with Gasteiger partial charge in [-0.25, -0.2) is 9.59 Å². The predicted octanol–water partition coefficient (Wildman–Crippen LogP) is 2.77. The van der Waals surface area contributed by atoms with Crippen LogP contribution in [0.15, 0.2) is 60.7 Å². The largest absolute Gasteiger partial charge is 0.473 e. The highest BCUT2D eigenvalue weighted by molar-refractivity contribution is 6.27. The molecule has 0 bridgehead atoms. The number of nitrogens with zero attached hydrogens (tertiary/aromatic N) is 2. The first-order chi connectivity index (χ1) is 14.3. The van der Waals surface area contributed by atoms with Gasteiger partial charge in [0.05, 0.1) is 17.7 Å². The molecule has 0 atom stereocenters. The van der Waals surface area contributed by atoms with Gasteiger partial charge < -0.3 is 15.5 Å². The van der Waals surface area contributed by atoms with Crippen molar-refractivity contribution in [3.8, 4) is 0 Å². The number of aryl methyl sites for hydroxylation is 1. The van der Waals surface area contributed by atoms with Gasteiger partial charge in [0.15, 0.2) is 0 Å². The number of pyridine rings is 1. The van der Waals surface area contributed by atoms with E-state index < -0.39 is 11.9 Å². The van der Waals surface area contributed by atoms with E-state index in [9.17, 15) is 4.79 Å². The molecule has 3 N–H and O–H groups in total. The summed E-state index contributed by atoms with van der Waals surface area (Å²) in [6.45, 7) is 3.01. The number of likely N-dealkylation sites (N-methyl/N-ethyl adjacent to an activating group) is 1. The second-order valence-electron chi connectivity index (χ2n) is 6.64. The van der Waals surface area contributed by atoms with Crippen LogP contribution in [0.5, 0.6) is 0 Å². The normalized spacial score (nSPS) is 10.2. The molecular weight excluding hydrogens is 386 g/mol. The third-order valence-electron chi connectivity index (χ3n) is 4.01. The van der Waals surface area contributed by atoms with E-state index in [0.29, 0.717) is 6.54 Å². The van der Waals surface area contributed by atoms with Crippen molar-refractivity contribution in [2.75, 3.05) is 18.9 Å². The second kappa shape index (κ2) is 10.7. The maximum atomic E-state index is 12.4. The van der Waals surface area contributed by atoms with Crippen molar-refractivity contribution >= 4 is 34.4 Å². The third-order valence-corrected chi connectivity index (χ3v) is 4.01. The zero-order valence-corrected chi connectivity index (χ0v) is 16.7. The van der Waals surface area contributed by atoms with Gasteiger partial charge in [0.25, 0.3) is 0 Å². The number of aliphatic carboxylic acids is 2. The van der Waals surface area contributed by atoms with E-state index in [1.807, 2.05) is 67.4 Å². The van der Waals surface area contributed by atoms with Crippen molar-refractivity contribution in [2.24, 2.45) is 0 Å². The number of hydrogen-bond donors (Lipinski definition) is 3. The molecule has 8 nitrogen and oxygen atoms in total. The van der Waals surface area contributed by atoms with Gasteiger partial charge in [-0.2, -0.15) is 0 Å². The fourth-order valence-electron chi connectivity index (χ4n) is 2.80. The van der Waals surface area contributed by atoms with Crippen molar-refractivity contribution < 1.29 is 24.6 Å². The minimum Gasteiger partial charge on any atom is -0.473 e. The van der Waals surface area contributed by atoms with E-state index in [1.165, 1.54) is 5.56 Å². The molecule has 3 aromatic rings. The molecule has 3 rings (SSSR count). The monoisotopic (exact) mass is 409 g/mol. The van der Waals surface area contributed by atoms with Gasteiger partial charge in [-0.15, -0.1) is 0 Å². The number of anilines is 1. The van der Waals surface area contributed by atoms with Crippen LogP contribution in [0.2, 0.25) is 0 Å². The minimum absolute atomic E-state index is 0.0239.